The normalized spacial score (nSPS) is 11.2. The average Bonchev–Trinajstić information content (AvgIpc) is 3.01. The first kappa shape index (κ1) is 16.7. The van der Waals surface area contributed by atoms with Gasteiger partial charge in [-0.25, -0.2) is 4.98 Å². The van der Waals surface area contributed by atoms with Gasteiger partial charge in [0.25, 0.3) is 0 Å². The number of halogens is 2. The zero-order valence-electron chi connectivity index (χ0n) is 12.8. The van der Waals surface area contributed by atoms with E-state index < -0.39 is 6.55 Å². The SMILES string of the molecule is COc1ccccc1/C=C/C(=O)N(C)Cc1nccn1C(F)F. The summed E-state index contributed by atoms with van der Waals surface area (Å²) in [5.74, 6) is 0.453. The summed E-state index contributed by atoms with van der Waals surface area (Å²) in [7, 11) is 3.07. The number of rotatable bonds is 6. The first-order valence-electron chi connectivity index (χ1n) is 6.89. The van der Waals surface area contributed by atoms with Crippen LogP contribution in [-0.4, -0.2) is 34.5 Å². The van der Waals surface area contributed by atoms with Crippen LogP contribution in [0.4, 0.5) is 8.78 Å². The molecule has 0 radical (unpaired) electrons. The number of para-hydroxylation sites is 1. The molecule has 1 amide bonds. The summed E-state index contributed by atoms with van der Waals surface area (Å²) in [6.07, 6.45) is 5.46. The van der Waals surface area contributed by atoms with Crippen LogP contribution in [0.3, 0.4) is 0 Å². The standard InChI is InChI=1S/C16H17F2N3O2/c1-20(11-14-19-9-10-21(14)16(17)18)15(22)8-7-12-5-3-4-6-13(12)23-2/h3-10,16H,11H2,1-2H3/b8-7+. The third-order valence-corrected chi connectivity index (χ3v) is 3.26. The van der Waals surface area contributed by atoms with Crippen molar-refractivity contribution < 1.29 is 18.3 Å². The van der Waals surface area contributed by atoms with Crippen molar-refractivity contribution >= 4 is 12.0 Å². The molecule has 0 aliphatic rings. The van der Waals surface area contributed by atoms with E-state index in [1.54, 1.807) is 19.3 Å². The molecule has 0 aliphatic heterocycles. The Bertz CT molecular complexity index is 698. The number of hydrogen-bond acceptors (Lipinski definition) is 3. The molecule has 1 aromatic carbocycles. The summed E-state index contributed by atoms with van der Waals surface area (Å²) in [5.41, 5.74) is 0.755. The van der Waals surface area contributed by atoms with Crippen molar-refractivity contribution in [1.29, 1.82) is 0 Å². The summed E-state index contributed by atoms with van der Waals surface area (Å²) >= 11 is 0. The molecule has 0 unspecified atom stereocenters. The minimum atomic E-state index is -2.68. The van der Waals surface area contributed by atoms with Crippen LogP contribution in [-0.2, 0) is 11.3 Å². The van der Waals surface area contributed by atoms with Gasteiger partial charge in [-0.3, -0.25) is 9.36 Å². The molecule has 5 nitrogen and oxygen atoms in total. The molecule has 122 valence electrons. The van der Waals surface area contributed by atoms with Crippen LogP contribution in [0.15, 0.2) is 42.7 Å². The number of methoxy groups -OCH3 is 1. The molecule has 2 aromatic rings. The second-order valence-corrected chi connectivity index (χ2v) is 4.80. The van der Waals surface area contributed by atoms with Gasteiger partial charge in [-0.05, 0) is 12.1 Å². The average molecular weight is 321 g/mol. The van der Waals surface area contributed by atoms with Gasteiger partial charge in [0, 0.05) is 31.1 Å². The van der Waals surface area contributed by atoms with Crippen LogP contribution >= 0.6 is 0 Å². The Morgan fingerprint density at radius 1 is 1.43 bits per heavy atom. The quantitative estimate of drug-likeness (QED) is 0.769. The summed E-state index contributed by atoms with van der Waals surface area (Å²) in [4.78, 5) is 17.3. The topological polar surface area (TPSA) is 47.4 Å². The fourth-order valence-electron chi connectivity index (χ4n) is 2.03. The number of alkyl halides is 2. The number of carbonyl (C=O) groups is 1. The molecular formula is C16H17F2N3O2. The fraction of sp³-hybridized carbons (Fsp3) is 0.250. The molecule has 0 bridgehead atoms. The Labute approximate surface area is 132 Å². The maximum atomic E-state index is 12.8. The van der Waals surface area contributed by atoms with Gasteiger partial charge >= 0.3 is 6.55 Å². The second kappa shape index (κ2) is 7.53. The second-order valence-electron chi connectivity index (χ2n) is 4.80. The molecule has 23 heavy (non-hydrogen) atoms. The molecule has 1 heterocycles. The van der Waals surface area contributed by atoms with Gasteiger partial charge in [0.15, 0.2) is 0 Å². The highest BCUT2D eigenvalue weighted by atomic mass is 19.3. The zero-order chi connectivity index (χ0) is 16.8. The number of imidazole rings is 1. The number of ether oxygens (including phenoxy) is 1. The van der Waals surface area contributed by atoms with Gasteiger partial charge in [0.05, 0.1) is 13.7 Å². The lowest BCUT2D eigenvalue weighted by molar-refractivity contribution is -0.125. The van der Waals surface area contributed by atoms with E-state index in [4.69, 9.17) is 4.74 Å². The van der Waals surface area contributed by atoms with E-state index in [0.717, 1.165) is 10.1 Å². The van der Waals surface area contributed by atoms with Gasteiger partial charge < -0.3 is 9.64 Å². The largest absolute Gasteiger partial charge is 0.496 e. The number of amides is 1. The lowest BCUT2D eigenvalue weighted by atomic mass is 10.2. The number of likely N-dealkylation sites (N-methyl/N-ethyl adjacent to an activating group) is 1. The number of benzene rings is 1. The van der Waals surface area contributed by atoms with Gasteiger partial charge in [-0.2, -0.15) is 8.78 Å². The fourth-order valence-corrected chi connectivity index (χ4v) is 2.03. The highest BCUT2D eigenvalue weighted by Gasteiger charge is 2.14. The van der Waals surface area contributed by atoms with Crippen molar-refractivity contribution in [1.82, 2.24) is 14.5 Å². The van der Waals surface area contributed by atoms with E-state index >= 15 is 0 Å². The Morgan fingerprint density at radius 3 is 2.87 bits per heavy atom. The predicted octanol–water partition coefficient (Wildman–Crippen LogP) is 2.96. The maximum Gasteiger partial charge on any atom is 0.319 e. The minimum Gasteiger partial charge on any atom is -0.496 e. The van der Waals surface area contributed by atoms with Gasteiger partial charge in [0.1, 0.15) is 11.6 Å². The molecule has 0 N–H and O–H groups in total. The molecule has 0 saturated carbocycles. The summed E-state index contributed by atoms with van der Waals surface area (Å²) in [5, 5.41) is 0. The van der Waals surface area contributed by atoms with Crippen LogP contribution in [0, 0.1) is 0 Å². The van der Waals surface area contributed by atoms with E-state index in [-0.39, 0.29) is 18.3 Å². The molecular weight excluding hydrogens is 304 g/mol. The third kappa shape index (κ3) is 4.15. The van der Waals surface area contributed by atoms with Gasteiger partial charge in [0.2, 0.25) is 5.91 Å². The number of nitrogens with zero attached hydrogens (tertiary/aromatic N) is 3. The Hall–Kier alpha value is -2.70. The van der Waals surface area contributed by atoms with Crippen molar-refractivity contribution in [3.05, 3.63) is 54.1 Å². The van der Waals surface area contributed by atoms with Crippen LogP contribution in [0.1, 0.15) is 17.9 Å². The van der Waals surface area contributed by atoms with Gasteiger partial charge in [-0.1, -0.05) is 18.2 Å². The Balaban J connectivity index is 2.05. The lowest BCUT2D eigenvalue weighted by Gasteiger charge is -2.15. The van der Waals surface area contributed by atoms with Crippen LogP contribution in [0.5, 0.6) is 5.75 Å². The van der Waals surface area contributed by atoms with E-state index in [1.165, 1.54) is 30.4 Å². The molecule has 0 saturated heterocycles. The van der Waals surface area contributed by atoms with Crippen LogP contribution in [0.2, 0.25) is 0 Å². The Kier molecular flexibility index (Phi) is 5.46. The molecule has 0 fully saturated rings. The predicted molar refractivity (Wildman–Crippen MR) is 82.0 cm³/mol. The monoisotopic (exact) mass is 321 g/mol. The molecule has 0 aliphatic carbocycles. The first-order valence-corrected chi connectivity index (χ1v) is 6.89. The van der Waals surface area contributed by atoms with Crippen LogP contribution in [0.25, 0.3) is 6.08 Å². The van der Waals surface area contributed by atoms with E-state index in [1.807, 2.05) is 18.2 Å². The summed E-state index contributed by atoms with van der Waals surface area (Å²) in [6, 6.07) is 7.25. The van der Waals surface area contributed by atoms with E-state index in [2.05, 4.69) is 4.98 Å². The van der Waals surface area contributed by atoms with E-state index in [0.29, 0.717) is 5.75 Å². The molecule has 2 rings (SSSR count). The summed E-state index contributed by atoms with van der Waals surface area (Å²) in [6.45, 7) is -2.69. The molecule has 0 atom stereocenters. The van der Waals surface area contributed by atoms with Crippen molar-refractivity contribution in [2.24, 2.45) is 0 Å². The lowest BCUT2D eigenvalue weighted by Crippen LogP contribution is -2.26. The number of carbonyl (C=O) groups excluding carboxylic acids is 1. The highest BCUT2D eigenvalue weighted by Crippen LogP contribution is 2.19. The molecule has 0 spiro atoms. The minimum absolute atomic E-state index is 0.00750. The smallest absolute Gasteiger partial charge is 0.319 e. The van der Waals surface area contributed by atoms with Crippen LogP contribution < -0.4 is 4.74 Å². The number of hydrogen-bond donors (Lipinski definition) is 0. The highest BCUT2D eigenvalue weighted by molar-refractivity contribution is 5.91. The Morgan fingerprint density at radius 2 is 2.17 bits per heavy atom. The molecule has 7 heteroatoms. The zero-order valence-corrected chi connectivity index (χ0v) is 12.8. The third-order valence-electron chi connectivity index (χ3n) is 3.26. The first-order chi connectivity index (χ1) is 11.0. The summed E-state index contributed by atoms with van der Waals surface area (Å²) < 4.78 is 31.4. The van der Waals surface area contributed by atoms with Crippen molar-refractivity contribution in [3.63, 3.8) is 0 Å². The van der Waals surface area contributed by atoms with Crippen molar-refractivity contribution in [2.45, 2.75) is 13.1 Å². The molecule has 1 aromatic heterocycles. The van der Waals surface area contributed by atoms with Crippen molar-refractivity contribution in [2.75, 3.05) is 14.2 Å². The van der Waals surface area contributed by atoms with E-state index in [9.17, 15) is 13.6 Å². The van der Waals surface area contributed by atoms with Gasteiger partial charge in [-0.15, -0.1) is 0 Å². The van der Waals surface area contributed by atoms with Crippen molar-refractivity contribution in [3.8, 4) is 5.75 Å². The number of aromatic nitrogens is 2. The maximum absolute atomic E-state index is 12.8.